The molecule has 0 fully saturated rings. The monoisotopic (exact) mass is 536 g/mol. The van der Waals surface area contributed by atoms with Crippen molar-refractivity contribution in [2.45, 2.75) is 39.2 Å². The smallest absolute Gasteiger partial charge is 0.156 e. The summed E-state index contributed by atoms with van der Waals surface area (Å²) in [4.78, 5) is 0. The van der Waals surface area contributed by atoms with Gasteiger partial charge in [-0.15, -0.1) is 11.6 Å². The SMILES string of the molecule is CCS(=O)(=O)C[C@H](C)COc1ccc(C(C)(C)c2cc(Cl)c(OC[C@H](O)CCl)c(Cl)c2)cc1. The number of rotatable bonds is 12. The summed E-state index contributed by atoms with van der Waals surface area (Å²) >= 11 is 18.4. The lowest BCUT2D eigenvalue weighted by atomic mass is 9.78. The fraction of sp³-hybridized carbons (Fsp3) is 0.500. The van der Waals surface area contributed by atoms with E-state index in [2.05, 4.69) is 13.8 Å². The van der Waals surface area contributed by atoms with Crippen LogP contribution in [0, 0.1) is 5.92 Å². The molecule has 0 heterocycles. The number of aliphatic hydroxyl groups excluding tert-OH is 1. The number of hydrogen-bond acceptors (Lipinski definition) is 5. The maximum absolute atomic E-state index is 11.8. The molecule has 0 amide bonds. The van der Waals surface area contributed by atoms with E-state index in [4.69, 9.17) is 44.3 Å². The highest BCUT2D eigenvalue weighted by Crippen LogP contribution is 2.40. The predicted octanol–water partition coefficient (Wildman–Crippen LogP) is 5.75. The molecule has 2 atom stereocenters. The summed E-state index contributed by atoms with van der Waals surface area (Å²) in [6, 6.07) is 11.3. The van der Waals surface area contributed by atoms with Crippen LogP contribution in [-0.2, 0) is 15.3 Å². The molecule has 0 saturated carbocycles. The first-order valence-corrected chi connectivity index (χ1v) is 13.8. The van der Waals surface area contributed by atoms with Crippen LogP contribution in [-0.4, -0.2) is 50.2 Å². The van der Waals surface area contributed by atoms with Crippen molar-refractivity contribution in [1.82, 2.24) is 0 Å². The first-order valence-electron chi connectivity index (χ1n) is 10.7. The molecule has 2 aromatic rings. The Morgan fingerprint density at radius 3 is 2.09 bits per heavy atom. The van der Waals surface area contributed by atoms with Crippen LogP contribution in [0.15, 0.2) is 36.4 Å². The molecular weight excluding hydrogens is 507 g/mol. The Kier molecular flexibility index (Phi) is 10.2. The Morgan fingerprint density at radius 2 is 1.58 bits per heavy atom. The van der Waals surface area contributed by atoms with E-state index in [1.54, 1.807) is 19.1 Å². The third-order valence-corrected chi connectivity index (χ3v) is 8.28. The second kappa shape index (κ2) is 12.0. The Bertz CT molecular complexity index is 1000. The molecule has 0 aromatic heterocycles. The van der Waals surface area contributed by atoms with Gasteiger partial charge in [-0.05, 0) is 35.4 Å². The molecule has 0 unspecified atom stereocenters. The van der Waals surface area contributed by atoms with Gasteiger partial charge in [-0.1, -0.05) is 63.0 Å². The summed E-state index contributed by atoms with van der Waals surface area (Å²) in [6.45, 7) is 7.95. The lowest BCUT2D eigenvalue weighted by Gasteiger charge is -2.27. The zero-order valence-electron chi connectivity index (χ0n) is 19.3. The van der Waals surface area contributed by atoms with Crippen LogP contribution in [0.1, 0.15) is 38.8 Å². The zero-order valence-corrected chi connectivity index (χ0v) is 22.4. The van der Waals surface area contributed by atoms with Crippen molar-refractivity contribution in [2.75, 3.05) is 30.6 Å². The Morgan fingerprint density at radius 1 is 1.00 bits per heavy atom. The van der Waals surface area contributed by atoms with E-state index in [9.17, 15) is 13.5 Å². The number of halogens is 3. The van der Waals surface area contributed by atoms with Crippen molar-refractivity contribution < 1.29 is 23.0 Å². The van der Waals surface area contributed by atoms with Gasteiger partial charge in [-0.25, -0.2) is 8.42 Å². The third kappa shape index (κ3) is 7.93. The maximum atomic E-state index is 11.8. The molecule has 33 heavy (non-hydrogen) atoms. The minimum atomic E-state index is -3.03. The van der Waals surface area contributed by atoms with Crippen molar-refractivity contribution in [3.05, 3.63) is 57.6 Å². The Labute approximate surface area is 211 Å². The van der Waals surface area contributed by atoms with E-state index in [0.29, 0.717) is 28.2 Å². The number of aliphatic hydroxyl groups is 1. The van der Waals surface area contributed by atoms with Crippen molar-refractivity contribution in [1.29, 1.82) is 0 Å². The van der Waals surface area contributed by atoms with Gasteiger partial charge in [0.2, 0.25) is 0 Å². The van der Waals surface area contributed by atoms with Gasteiger partial charge in [0.15, 0.2) is 5.75 Å². The summed E-state index contributed by atoms with van der Waals surface area (Å²) in [7, 11) is -3.03. The van der Waals surface area contributed by atoms with E-state index < -0.39 is 21.4 Å². The molecule has 0 saturated heterocycles. The van der Waals surface area contributed by atoms with Gasteiger partial charge in [0.25, 0.3) is 0 Å². The molecule has 0 aliphatic rings. The van der Waals surface area contributed by atoms with Gasteiger partial charge in [-0.2, -0.15) is 0 Å². The fourth-order valence-electron chi connectivity index (χ4n) is 3.26. The summed E-state index contributed by atoms with van der Waals surface area (Å²) in [5.41, 5.74) is 1.51. The summed E-state index contributed by atoms with van der Waals surface area (Å²) < 4.78 is 34.9. The summed E-state index contributed by atoms with van der Waals surface area (Å²) in [6.07, 6.45) is -0.810. The van der Waals surface area contributed by atoms with Crippen LogP contribution in [0.2, 0.25) is 10.0 Å². The number of hydrogen-bond donors (Lipinski definition) is 1. The highest BCUT2D eigenvalue weighted by Gasteiger charge is 2.26. The number of sulfone groups is 1. The molecule has 2 rings (SSSR count). The van der Waals surface area contributed by atoms with Gasteiger partial charge in [0.1, 0.15) is 28.3 Å². The summed E-state index contributed by atoms with van der Waals surface area (Å²) in [5, 5.41) is 10.3. The van der Waals surface area contributed by atoms with Crippen LogP contribution in [0.4, 0.5) is 0 Å². The van der Waals surface area contributed by atoms with Crippen LogP contribution in [0.3, 0.4) is 0 Å². The first kappa shape index (κ1) is 28.1. The van der Waals surface area contributed by atoms with Gasteiger partial charge < -0.3 is 14.6 Å². The van der Waals surface area contributed by atoms with Crippen LogP contribution in [0.5, 0.6) is 11.5 Å². The van der Waals surface area contributed by atoms with Crippen molar-refractivity contribution in [3.8, 4) is 11.5 Å². The van der Waals surface area contributed by atoms with Crippen molar-refractivity contribution >= 4 is 44.6 Å². The molecule has 0 spiro atoms. The number of ether oxygens (including phenoxy) is 2. The van der Waals surface area contributed by atoms with Crippen LogP contribution >= 0.6 is 34.8 Å². The van der Waals surface area contributed by atoms with Gasteiger partial charge in [0, 0.05) is 17.1 Å². The number of benzene rings is 2. The fourth-order valence-corrected chi connectivity index (χ4v) is 5.14. The van der Waals surface area contributed by atoms with E-state index in [-0.39, 0.29) is 29.9 Å². The van der Waals surface area contributed by atoms with Crippen molar-refractivity contribution in [3.63, 3.8) is 0 Å². The molecule has 184 valence electrons. The third-order valence-electron chi connectivity index (χ3n) is 5.41. The highest BCUT2D eigenvalue weighted by molar-refractivity contribution is 7.91. The molecule has 0 radical (unpaired) electrons. The van der Waals surface area contributed by atoms with Crippen LogP contribution in [0.25, 0.3) is 0 Å². The Hall–Kier alpha value is -1.18. The van der Waals surface area contributed by atoms with E-state index in [0.717, 1.165) is 11.1 Å². The zero-order chi connectivity index (χ0) is 24.8. The summed E-state index contributed by atoms with van der Waals surface area (Å²) in [5.74, 6) is 1.19. The topological polar surface area (TPSA) is 72.8 Å². The Balaban J connectivity index is 2.12. The first-order chi connectivity index (χ1) is 15.4. The van der Waals surface area contributed by atoms with Gasteiger partial charge in [-0.3, -0.25) is 0 Å². The van der Waals surface area contributed by atoms with Gasteiger partial charge in [0.05, 0.1) is 28.3 Å². The quantitative estimate of drug-likeness (QED) is 0.349. The highest BCUT2D eigenvalue weighted by atomic mass is 35.5. The lowest BCUT2D eigenvalue weighted by Crippen LogP contribution is -2.21. The second-order valence-electron chi connectivity index (χ2n) is 8.65. The molecule has 1 N–H and O–H groups in total. The average molecular weight is 538 g/mol. The standard InChI is InChI=1S/C24H31Cl3O5S/c1-5-33(29,30)15-16(2)13-31-20-8-6-17(7-9-20)24(3,4)18-10-21(26)23(22(27)11-18)32-14-19(28)12-25/h6-11,16,19,28H,5,12-15H2,1-4H3/t16-,19-/m1/s1. The normalized spacial score (nSPS) is 14.1. The predicted molar refractivity (Wildman–Crippen MR) is 136 cm³/mol. The van der Waals surface area contributed by atoms with E-state index in [1.807, 2.05) is 31.2 Å². The lowest BCUT2D eigenvalue weighted by molar-refractivity contribution is 0.125. The minimum absolute atomic E-state index is 0.00384. The number of alkyl halides is 1. The molecule has 2 aromatic carbocycles. The van der Waals surface area contributed by atoms with Crippen LogP contribution < -0.4 is 9.47 Å². The molecule has 0 bridgehead atoms. The molecule has 0 aliphatic carbocycles. The molecular formula is C24H31Cl3O5S. The second-order valence-corrected chi connectivity index (χ2v) is 12.2. The van der Waals surface area contributed by atoms with E-state index in [1.165, 1.54) is 0 Å². The van der Waals surface area contributed by atoms with Crippen molar-refractivity contribution in [2.24, 2.45) is 5.92 Å². The van der Waals surface area contributed by atoms with Gasteiger partial charge >= 0.3 is 0 Å². The molecule has 5 nitrogen and oxygen atoms in total. The van der Waals surface area contributed by atoms with E-state index >= 15 is 0 Å². The largest absolute Gasteiger partial charge is 0.493 e. The maximum Gasteiger partial charge on any atom is 0.156 e. The molecule has 9 heteroatoms. The minimum Gasteiger partial charge on any atom is -0.493 e. The molecule has 0 aliphatic heterocycles. The average Bonchev–Trinajstić information content (AvgIpc) is 2.76.